The summed E-state index contributed by atoms with van der Waals surface area (Å²) >= 11 is 1.80. The molecule has 1 fully saturated rings. The predicted octanol–water partition coefficient (Wildman–Crippen LogP) is 1.45. The maximum Gasteiger partial charge on any atom is 0.240 e. The summed E-state index contributed by atoms with van der Waals surface area (Å²) in [6.07, 6.45) is 1.09. The Morgan fingerprint density at radius 1 is 1.28 bits per heavy atom. The van der Waals surface area contributed by atoms with Crippen molar-refractivity contribution >= 4 is 17.7 Å². The summed E-state index contributed by atoms with van der Waals surface area (Å²) < 4.78 is 0. The van der Waals surface area contributed by atoms with E-state index in [4.69, 9.17) is 0 Å². The second kappa shape index (κ2) is 5.33. The molecule has 18 heavy (non-hydrogen) atoms. The van der Waals surface area contributed by atoms with Gasteiger partial charge in [-0.25, -0.2) is 0 Å². The van der Waals surface area contributed by atoms with Gasteiger partial charge in [0.2, 0.25) is 5.91 Å². The van der Waals surface area contributed by atoms with Crippen molar-refractivity contribution in [3.05, 3.63) is 35.4 Å². The summed E-state index contributed by atoms with van der Waals surface area (Å²) in [5.74, 6) is 1.35. The van der Waals surface area contributed by atoms with Crippen molar-refractivity contribution in [2.45, 2.75) is 11.7 Å². The van der Waals surface area contributed by atoms with E-state index in [2.05, 4.69) is 23.5 Å². The Balaban J connectivity index is 1.82. The van der Waals surface area contributed by atoms with Gasteiger partial charge < -0.3 is 10.2 Å². The third-order valence-corrected chi connectivity index (χ3v) is 4.88. The molecule has 0 radical (unpaired) electrons. The Morgan fingerprint density at radius 2 is 2.06 bits per heavy atom. The number of hydrogen-bond acceptors (Lipinski definition) is 3. The van der Waals surface area contributed by atoms with Gasteiger partial charge in [-0.05, 0) is 23.3 Å². The van der Waals surface area contributed by atoms with E-state index >= 15 is 0 Å². The van der Waals surface area contributed by atoms with Crippen LogP contribution in [-0.4, -0.2) is 42.7 Å². The first-order valence-corrected chi connectivity index (χ1v) is 7.60. The highest BCUT2D eigenvalue weighted by molar-refractivity contribution is 8.00. The van der Waals surface area contributed by atoms with Crippen molar-refractivity contribution in [2.75, 3.05) is 31.9 Å². The molecule has 1 saturated heterocycles. The number of piperazine rings is 1. The number of nitrogens with one attached hydrogen (secondary N) is 1. The summed E-state index contributed by atoms with van der Waals surface area (Å²) in [6, 6.07) is 8.39. The molecular formula is C14H18N2OS. The number of rotatable bonds is 1. The van der Waals surface area contributed by atoms with Gasteiger partial charge in [0.05, 0.1) is 0 Å². The van der Waals surface area contributed by atoms with E-state index < -0.39 is 0 Å². The molecule has 4 heteroatoms. The number of hydrogen-bond donors (Lipinski definition) is 1. The molecule has 0 saturated carbocycles. The molecule has 2 aliphatic heterocycles. The summed E-state index contributed by atoms with van der Waals surface area (Å²) in [7, 11) is 0. The first-order chi connectivity index (χ1) is 8.86. The van der Waals surface area contributed by atoms with Crippen molar-refractivity contribution in [3.8, 4) is 0 Å². The SMILES string of the molecule is O=C(C1SCCc2ccccc21)N1CCNCC1. The Bertz CT molecular complexity index is 443. The van der Waals surface area contributed by atoms with Gasteiger partial charge in [-0.3, -0.25) is 4.79 Å². The zero-order valence-electron chi connectivity index (χ0n) is 10.4. The van der Waals surface area contributed by atoms with Crippen molar-refractivity contribution < 1.29 is 4.79 Å². The summed E-state index contributed by atoms with van der Waals surface area (Å²) in [6.45, 7) is 3.53. The number of carbonyl (C=O) groups is 1. The summed E-state index contributed by atoms with van der Waals surface area (Å²) in [5, 5.41) is 3.31. The Kier molecular flexibility index (Phi) is 3.57. The first-order valence-electron chi connectivity index (χ1n) is 6.55. The largest absolute Gasteiger partial charge is 0.339 e. The van der Waals surface area contributed by atoms with Gasteiger partial charge >= 0.3 is 0 Å². The van der Waals surface area contributed by atoms with Gasteiger partial charge in [-0.2, -0.15) is 0 Å². The maximum absolute atomic E-state index is 12.6. The fraction of sp³-hybridized carbons (Fsp3) is 0.500. The van der Waals surface area contributed by atoms with Crippen molar-refractivity contribution in [3.63, 3.8) is 0 Å². The second-order valence-corrected chi connectivity index (χ2v) is 5.99. The number of amides is 1. The summed E-state index contributed by atoms with van der Waals surface area (Å²) in [4.78, 5) is 14.6. The summed E-state index contributed by atoms with van der Waals surface area (Å²) in [5.41, 5.74) is 2.59. The van der Waals surface area contributed by atoms with Crippen LogP contribution in [0.1, 0.15) is 16.4 Å². The molecular weight excluding hydrogens is 244 g/mol. The number of thioether (sulfide) groups is 1. The Labute approximate surface area is 112 Å². The van der Waals surface area contributed by atoms with Crippen molar-refractivity contribution in [1.82, 2.24) is 10.2 Å². The molecule has 3 nitrogen and oxygen atoms in total. The number of aryl methyl sites for hydroxylation is 1. The molecule has 2 heterocycles. The van der Waals surface area contributed by atoms with Crippen LogP contribution < -0.4 is 5.32 Å². The van der Waals surface area contributed by atoms with Crippen LogP contribution in [-0.2, 0) is 11.2 Å². The normalized spacial score (nSPS) is 23.6. The third kappa shape index (κ3) is 2.27. The molecule has 1 N–H and O–H groups in total. The number of carbonyl (C=O) groups excluding carboxylic acids is 1. The fourth-order valence-corrected chi connectivity index (χ4v) is 3.92. The van der Waals surface area contributed by atoms with Crippen LogP contribution in [0.15, 0.2) is 24.3 Å². The molecule has 1 atom stereocenters. The van der Waals surface area contributed by atoms with Crippen LogP contribution in [0.25, 0.3) is 0 Å². The molecule has 2 aliphatic rings. The smallest absolute Gasteiger partial charge is 0.240 e. The standard InChI is InChI=1S/C14H18N2OS/c17-14(16-8-6-15-7-9-16)13-12-4-2-1-3-11(12)5-10-18-13/h1-4,13,15H,5-10H2. The first kappa shape index (κ1) is 12.1. The molecule has 1 aromatic carbocycles. The average molecular weight is 262 g/mol. The minimum absolute atomic E-state index is 0.0213. The molecule has 1 aromatic rings. The van der Waals surface area contributed by atoms with Gasteiger partial charge in [0.25, 0.3) is 0 Å². The van der Waals surface area contributed by atoms with E-state index in [1.807, 2.05) is 11.0 Å². The second-order valence-electron chi connectivity index (χ2n) is 4.77. The lowest BCUT2D eigenvalue weighted by Gasteiger charge is -2.33. The number of benzene rings is 1. The molecule has 0 bridgehead atoms. The van der Waals surface area contributed by atoms with Crippen LogP contribution in [0.5, 0.6) is 0 Å². The average Bonchev–Trinajstić information content (AvgIpc) is 2.47. The van der Waals surface area contributed by atoms with Gasteiger partial charge in [-0.15, -0.1) is 11.8 Å². The monoisotopic (exact) mass is 262 g/mol. The molecule has 96 valence electrons. The van der Waals surface area contributed by atoms with Crippen LogP contribution in [0.2, 0.25) is 0 Å². The highest BCUT2D eigenvalue weighted by atomic mass is 32.2. The van der Waals surface area contributed by atoms with E-state index in [0.717, 1.165) is 38.4 Å². The number of fused-ring (bicyclic) bond motifs is 1. The fourth-order valence-electron chi connectivity index (χ4n) is 2.65. The topological polar surface area (TPSA) is 32.3 Å². The zero-order valence-corrected chi connectivity index (χ0v) is 11.2. The quantitative estimate of drug-likeness (QED) is 0.831. The van der Waals surface area contributed by atoms with Crippen molar-refractivity contribution in [1.29, 1.82) is 0 Å². The minimum Gasteiger partial charge on any atom is -0.339 e. The highest BCUT2D eigenvalue weighted by Crippen LogP contribution is 2.37. The van der Waals surface area contributed by atoms with E-state index in [1.165, 1.54) is 11.1 Å². The van der Waals surface area contributed by atoms with E-state index in [-0.39, 0.29) is 5.25 Å². The van der Waals surface area contributed by atoms with Crippen LogP contribution in [0, 0.1) is 0 Å². The zero-order chi connectivity index (χ0) is 12.4. The Morgan fingerprint density at radius 3 is 2.89 bits per heavy atom. The van der Waals surface area contributed by atoms with E-state index in [9.17, 15) is 4.79 Å². The molecule has 1 amide bonds. The predicted molar refractivity (Wildman–Crippen MR) is 74.8 cm³/mol. The lowest BCUT2D eigenvalue weighted by molar-refractivity contribution is -0.131. The minimum atomic E-state index is 0.0213. The molecule has 3 rings (SSSR count). The number of nitrogens with zero attached hydrogens (tertiary/aromatic N) is 1. The van der Waals surface area contributed by atoms with Crippen molar-refractivity contribution in [2.24, 2.45) is 0 Å². The molecule has 0 aromatic heterocycles. The van der Waals surface area contributed by atoms with Crippen LogP contribution >= 0.6 is 11.8 Å². The Hall–Kier alpha value is -1.00. The lowest BCUT2D eigenvalue weighted by atomic mass is 10.0. The third-order valence-electron chi connectivity index (χ3n) is 3.65. The van der Waals surface area contributed by atoms with Gasteiger partial charge in [0.15, 0.2) is 0 Å². The van der Waals surface area contributed by atoms with Crippen LogP contribution in [0.3, 0.4) is 0 Å². The van der Waals surface area contributed by atoms with Crippen LogP contribution in [0.4, 0.5) is 0 Å². The van der Waals surface area contributed by atoms with Gasteiger partial charge in [0.1, 0.15) is 5.25 Å². The van der Waals surface area contributed by atoms with Gasteiger partial charge in [-0.1, -0.05) is 24.3 Å². The molecule has 0 aliphatic carbocycles. The van der Waals surface area contributed by atoms with Gasteiger partial charge in [0, 0.05) is 26.2 Å². The van der Waals surface area contributed by atoms with E-state index in [0.29, 0.717) is 5.91 Å². The highest BCUT2D eigenvalue weighted by Gasteiger charge is 2.30. The molecule has 1 unspecified atom stereocenters. The lowest BCUT2D eigenvalue weighted by Crippen LogP contribution is -2.48. The maximum atomic E-state index is 12.6. The molecule has 0 spiro atoms. The van der Waals surface area contributed by atoms with E-state index in [1.54, 1.807) is 11.8 Å².